The van der Waals surface area contributed by atoms with Crippen molar-refractivity contribution >= 4 is 11.3 Å². The van der Waals surface area contributed by atoms with Crippen LogP contribution in [-0.4, -0.2) is 24.0 Å². The van der Waals surface area contributed by atoms with Crippen molar-refractivity contribution in [2.45, 2.75) is 33.0 Å². The summed E-state index contributed by atoms with van der Waals surface area (Å²) in [6.45, 7) is 5.46. The minimum Gasteiger partial charge on any atom is -0.378 e. The molecule has 0 aliphatic heterocycles. The van der Waals surface area contributed by atoms with Gasteiger partial charge < -0.3 is 5.32 Å². The van der Waals surface area contributed by atoms with Crippen LogP contribution in [0.3, 0.4) is 0 Å². The molecule has 1 atom stereocenters. The number of hydrogen-bond acceptors (Lipinski definition) is 4. The van der Waals surface area contributed by atoms with Crippen molar-refractivity contribution in [1.82, 2.24) is 24.0 Å². The summed E-state index contributed by atoms with van der Waals surface area (Å²) in [5.74, 6) is 0. The molecule has 0 bridgehead atoms. The Kier molecular flexibility index (Phi) is 4.50. The van der Waals surface area contributed by atoms with E-state index >= 15 is 0 Å². The topological polar surface area (TPSA) is 69.2 Å². The summed E-state index contributed by atoms with van der Waals surface area (Å²) in [6.07, 6.45) is 5.68. The first-order chi connectivity index (χ1) is 13.1. The third-order valence-corrected chi connectivity index (χ3v) is 4.61. The monoisotopic (exact) mass is 362 g/mol. The number of aryl methyl sites for hydroxylation is 1. The van der Waals surface area contributed by atoms with E-state index in [4.69, 9.17) is 0 Å². The Morgan fingerprint density at radius 3 is 2.85 bits per heavy atom. The zero-order chi connectivity index (χ0) is 18.8. The van der Waals surface area contributed by atoms with Crippen molar-refractivity contribution in [2.75, 3.05) is 5.32 Å². The van der Waals surface area contributed by atoms with Gasteiger partial charge in [-0.25, -0.2) is 9.48 Å². The number of nitrogens with zero attached hydrogens (tertiary/aromatic N) is 5. The Morgan fingerprint density at radius 2 is 2.07 bits per heavy atom. The summed E-state index contributed by atoms with van der Waals surface area (Å²) in [4.78, 5) is 12.4. The van der Waals surface area contributed by atoms with Crippen LogP contribution < -0.4 is 11.0 Å². The van der Waals surface area contributed by atoms with Crippen LogP contribution in [0.25, 0.3) is 5.65 Å². The van der Waals surface area contributed by atoms with Crippen LogP contribution in [-0.2, 0) is 13.1 Å². The normalized spacial score (nSPS) is 12.4. The summed E-state index contributed by atoms with van der Waals surface area (Å²) < 4.78 is 4.96. The number of aromatic nitrogens is 5. The molecule has 4 aromatic rings. The lowest BCUT2D eigenvalue weighted by Gasteiger charge is -2.14. The second-order valence-corrected chi connectivity index (χ2v) is 6.56. The maximum atomic E-state index is 12.4. The molecule has 0 saturated heterocycles. The predicted molar refractivity (Wildman–Crippen MR) is 105 cm³/mol. The van der Waals surface area contributed by atoms with E-state index in [0.29, 0.717) is 12.2 Å². The molecule has 0 aliphatic carbocycles. The largest absolute Gasteiger partial charge is 0.378 e. The van der Waals surface area contributed by atoms with Gasteiger partial charge in [-0.15, -0.1) is 5.10 Å². The minimum absolute atomic E-state index is 0.135. The molecule has 0 radical (unpaired) electrons. The third-order valence-electron chi connectivity index (χ3n) is 4.61. The molecule has 138 valence electrons. The molecule has 0 saturated carbocycles. The van der Waals surface area contributed by atoms with Gasteiger partial charge in [0.2, 0.25) is 0 Å². The molecule has 7 heteroatoms. The predicted octanol–water partition coefficient (Wildman–Crippen LogP) is 2.93. The van der Waals surface area contributed by atoms with Crippen LogP contribution in [0.2, 0.25) is 0 Å². The fraction of sp³-hybridized carbons (Fsp3) is 0.250. The van der Waals surface area contributed by atoms with Crippen LogP contribution in [0.4, 0.5) is 5.69 Å². The van der Waals surface area contributed by atoms with Crippen molar-refractivity contribution in [1.29, 1.82) is 0 Å². The standard InChI is InChI=1S/C20H22N6O/c1-3-24-14-17(12-21-24)15(2)22-18-8-6-7-16(11-18)13-26-20(27)25-10-5-4-9-19(25)23-26/h4-12,14-15,22H,3,13H2,1-2H3. The highest BCUT2D eigenvalue weighted by molar-refractivity contribution is 5.47. The van der Waals surface area contributed by atoms with Gasteiger partial charge in [-0.2, -0.15) is 5.10 Å². The van der Waals surface area contributed by atoms with Crippen molar-refractivity contribution in [2.24, 2.45) is 0 Å². The van der Waals surface area contributed by atoms with E-state index in [2.05, 4.69) is 41.6 Å². The molecule has 0 aliphatic rings. The van der Waals surface area contributed by atoms with Gasteiger partial charge in [0, 0.05) is 30.2 Å². The van der Waals surface area contributed by atoms with Crippen LogP contribution in [0.1, 0.15) is 31.0 Å². The van der Waals surface area contributed by atoms with E-state index in [-0.39, 0.29) is 11.7 Å². The highest BCUT2D eigenvalue weighted by Crippen LogP contribution is 2.20. The van der Waals surface area contributed by atoms with E-state index in [1.165, 1.54) is 4.68 Å². The minimum atomic E-state index is -0.135. The summed E-state index contributed by atoms with van der Waals surface area (Å²) in [6, 6.07) is 13.7. The lowest BCUT2D eigenvalue weighted by molar-refractivity contribution is 0.658. The van der Waals surface area contributed by atoms with Crippen LogP contribution in [0.15, 0.2) is 65.8 Å². The fourth-order valence-corrected chi connectivity index (χ4v) is 3.11. The number of fused-ring (bicyclic) bond motifs is 1. The first-order valence-corrected chi connectivity index (χ1v) is 9.06. The molecule has 0 fully saturated rings. The molecule has 1 unspecified atom stereocenters. The van der Waals surface area contributed by atoms with E-state index < -0.39 is 0 Å². The zero-order valence-electron chi connectivity index (χ0n) is 15.4. The first-order valence-electron chi connectivity index (χ1n) is 9.06. The molecule has 1 aromatic carbocycles. The molecule has 3 heterocycles. The summed E-state index contributed by atoms with van der Waals surface area (Å²) >= 11 is 0. The molecule has 0 amide bonds. The first kappa shape index (κ1) is 17.1. The van der Waals surface area contributed by atoms with Crippen molar-refractivity contribution in [3.63, 3.8) is 0 Å². The molecule has 0 spiro atoms. The maximum absolute atomic E-state index is 12.4. The van der Waals surface area contributed by atoms with Crippen molar-refractivity contribution < 1.29 is 0 Å². The van der Waals surface area contributed by atoms with E-state index in [0.717, 1.165) is 23.4 Å². The van der Waals surface area contributed by atoms with Crippen LogP contribution >= 0.6 is 0 Å². The number of rotatable bonds is 6. The lowest BCUT2D eigenvalue weighted by Crippen LogP contribution is -2.21. The fourth-order valence-electron chi connectivity index (χ4n) is 3.11. The van der Waals surface area contributed by atoms with Gasteiger partial charge in [0.1, 0.15) is 0 Å². The van der Waals surface area contributed by atoms with Gasteiger partial charge in [0.15, 0.2) is 5.65 Å². The molecule has 1 N–H and O–H groups in total. The van der Waals surface area contributed by atoms with Crippen molar-refractivity contribution in [3.05, 3.63) is 82.7 Å². The Labute approximate surface area is 156 Å². The van der Waals surface area contributed by atoms with Gasteiger partial charge in [0.05, 0.1) is 18.8 Å². The van der Waals surface area contributed by atoms with E-state index in [1.807, 2.05) is 47.3 Å². The number of pyridine rings is 1. The van der Waals surface area contributed by atoms with Gasteiger partial charge in [-0.1, -0.05) is 18.2 Å². The number of benzene rings is 1. The van der Waals surface area contributed by atoms with Gasteiger partial charge in [0.25, 0.3) is 0 Å². The average molecular weight is 362 g/mol. The van der Waals surface area contributed by atoms with Gasteiger partial charge >= 0.3 is 5.69 Å². The third kappa shape index (κ3) is 3.48. The number of hydrogen-bond donors (Lipinski definition) is 1. The second-order valence-electron chi connectivity index (χ2n) is 6.56. The maximum Gasteiger partial charge on any atom is 0.350 e. The summed E-state index contributed by atoms with van der Waals surface area (Å²) in [5.41, 5.74) is 3.67. The molecular weight excluding hydrogens is 340 g/mol. The van der Waals surface area contributed by atoms with E-state index in [1.54, 1.807) is 10.6 Å². The number of anilines is 1. The van der Waals surface area contributed by atoms with Gasteiger partial charge in [-0.3, -0.25) is 9.08 Å². The van der Waals surface area contributed by atoms with Crippen LogP contribution in [0.5, 0.6) is 0 Å². The highest BCUT2D eigenvalue weighted by Gasteiger charge is 2.10. The zero-order valence-corrected chi connectivity index (χ0v) is 15.4. The molecule has 4 rings (SSSR count). The highest BCUT2D eigenvalue weighted by atomic mass is 16.2. The molecule has 7 nitrogen and oxygen atoms in total. The SMILES string of the molecule is CCn1cc(C(C)Nc2cccc(Cn3nc4ccccn4c3=O)c2)cn1. The van der Waals surface area contributed by atoms with E-state index in [9.17, 15) is 4.79 Å². The molecule has 27 heavy (non-hydrogen) atoms. The average Bonchev–Trinajstić information content (AvgIpc) is 3.28. The summed E-state index contributed by atoms with van der Waals surface area (Å²) in [7, 11) is 0. The Balaban J connectivity index is 1.53. The second kappa shape index (κ2) is 7.11. The summed E-state index contributed by atoms with van der Waals surface area (Å²) in [5, 5.41) is 12.2. The smallest absolute Gasteiger partial charge is 0.350 e. The Bertz CT molecular complexity index is 1120. The number of nitrogens with one attached hydrogen (secondary N) is 1. The lowest BCUT2D eigenvalue weighted by atomic mass is 10.1. The Hall–Kier alpha value is -3.35. The molecular formula is C20H22N6O. The quantitative estimate of drug-likeness (QED) is 0.573. The van der Waals surface area contributed by atoms with Crippen LogP contribution in [0, 0.1) is 0 Å². The van der Waals surface area contributed by atoms with Crippen molar-refractivity contribution in [3.8, 4) is 0 Å². The van der Waals surface area contributed by atoms with Gasteiger partial charge in [-0.05, 0) is 43.7 Å². The Morgan fingerprint density at radius 1 is 1.19 bits per heavy atom. The molecule has 3 aromatic heterocycles.